The molecule has 0 saturated carbocycles. The number of aryl methyl sites for hydroxylation is 1. The third kappa shape index (κ3) is 6.55. The summed E-state index contributed by atoms with van der Waals surface area (Å²) in [5.74, 6) is -0.275. The zero-order chi connectivity index (χ0) is 24.6. The van der Waals surface area contributed by atoms with Gasteiger partial charge in [0.05, 0.1) is 6.21 Å². The van der Waals surface area contributed by atoms with Gasteiger partial charge in [-0.2, -0.15) is 5.10 Å². The maximum absolute atomic E-state index is 12.3. The summed E-state index contributed by atoms with van der Waals surface area (Å²) in [6.45, 7) is 2.28. The van der Waals surface area contributed by atoms with Crippen LogP contribution in [0.2, 0.25) is 0 Å². The summed E-state index contributed by atoms with van der Waals surface area (Å²) in [4.78, 5) is 24.5. The van der Waals surface area contributed by atoms with Crippen molar-refractivity contribution >= 4 is 50.4 Å². The zero-order valence-electron chi connectivity index (χ0n) is 19.1. The number of ether oxygens (including phenoxy) is 1. The van der Waals surface area contributed by atoms with Crippen LogP contribution in [0.15, 0.2) is 94.5 Å². The number of hydrogen-bond donors (Lipinski definition) is 2. The third-order valence-electron chi connectivity index (χ3n) is 5.36. The first-order valence-corrected chi connectivity index (χ1v) is 11.9. The summed E-state index contributed by atoms with van der Waals surface area (Å²) in [7, 11) is 0. The fourth-order valence-corrected chi connectivity index (χ4v) is 3.80. The maximum Gasteiger partial charge on any atom is 0.249 e. The highest BCUT2D eigenvalue weighted by molar-refractivity contribution is 9.10. The Morgan fingerprint density at radius 3 is 2.46 bits per heavy atom. The lowest BCUT2D eigenvalue weighted by molar-refractivity contribution is -0.126. The van der Waals surface area contributed by atoms with E-state index in [1.54, 1.807) is 12.3 Å². The first-order chi connectivity index (χ1) is 17.0. The Kier molecular flexibility index (Phi) is 7.90. The van der Waals surface area contributed by atoms with Crippen LogP contribution in [0.3, 0.4) is 0 Å². The van der Waals surface area contributed by atoms with Gasteiger partial charge in [-0.15, -0.1) is 0 Å². The van der Waals surface area contributed by atoms with Crippen LogP contribution >= 0.6 is 15.9 Å². The lowest BCUT2D eigenvalue weighted by Gasteiger charge is -2.12. The summed E-state index contributed by atoms with van der Waals surface area (Å²) in [6, 6.07) is 27.0. The largest absolute Gasteiger partial charge is 0.488 e. The molecular formula is C28H24BrN3O3. The molecule has 0 aromatic heterocycles. The Balaban J connectivity index is 1.44. The summed E-state index contributed by atoms with van der Waals surface area (Å²) >= 11 is 3.44. The minimum Gasteiger partial charge on any atom is -0.488 e. The Morgan fingerprint density at radius 2 is 1.66 bits per heavy atom. The average molecular weight is 530 g/mol. The lowest BCUT2D eigenvalue weighted by Crippen LogP contribution is -2.24. The number of fused-ring (bicyclic) bond motifs is 1. The summed E-state index contributed by atoms with van der Waals surface area (Å²) < 4.78 is 7.09. The minimum absolute atomic E-state index is 0.339. The Bertz CT molecular complexity index is 1380. The van der Waals surface area contributed by atoms with Gasteiger partial charge in [-0.1, -0.05) is 76.6 Å². The molecule has 0 aliphatic rings. The zero-order valence-corrected chi connectivity index (χ0v) is 20.7. The van der Waals surface area contributed by atoms with E-state index in [1.165, 1.54) is 0 Å². The van der Waals surface area contributed by atoms with Crippen molar-refractivity contribution in [1.82, 2.24) is 5.43 Å². The molecule has 0 spiro atoms. The van der Waals surface area contributed by atoms with Crippen molar-refractivity contribution in [3.8, 4) is 5.75 Å². The van der Waals surface area contributed by atoms with Crippen molar-refractivity contribution in [2.75, 3.05) is 5.32 Å². The van der Waals surface area contributed by atoms with E-state index in [4.69, 9.17) is 4.74 Å². The molecule has 0 aliphatic heterocycles. The second-order valence-electron chi connectivity index (χ2n) is 7.95. The molecule has 0 saturated heterocycles. The van der Waals surface area contributed by atoms with E-state index < -0.39 is 11.8 Å². The van der Waals surface area contributed by atoms with Gasteiger partial charge in [-0.25, -0.2) is 5.43 Å². The van der Waals surface area contributed by atoms with Crippen LogP contribution in [-0.2, 0) is 16.2 Å². The predicted molar refractivity (Wildman–Crippen MR) is 143 cm³/mol. The number of benzene rings is 4. The van der Waals surface area contributed by atoms with Gasteiger partial charge in [0.15, 0.2) is 0 Å². The smallest absolute Gasteiger partial charge is 0.249 e. The molecule has 4 aromatic rings. The fourth-order valence-electron chi connectivity index (χ4n) is 3.54. The van der Waals surface area contributed by atoms with Gasteiger partial charge in [0.1, 0.15) is 18.8 Å². The highest BCUT2D eigenvalue weighted by atomic mass is 79.9. The van der Waals surface area contributed by atoms with Crippen LogP contribution in [-0.4, -0.2) is 18.0 Å². The van der Waals surface area contributed by atoms with Gasteiger partial charge >= 0.3 is 0 Å². The van der Waals surface area contributed by atoms with Crippen LogP contribution in [0.1, 0.15) is 23.1 Å². The maximum atomic E-state index is 12.3. The van der Waals surface area contributed by atoms with Crippen LogP contribution in [0, 0.1) is 6.92 Å². The van der Waals surface area contributed by atoms with E-state index in [2.05, 4.69) is 31.8 Å². The van der Waals surface area contributed by atoms with Crippen molar-refractivity contribution in [2.45, 2.75) is 20.0 Å². The van der Waals surface area contributed by atoms with Gasteiger partial charge in [0, 0.05) is 15.7 Å². The number of carbonyl (C=O) groups excluding carboxylic acids is 2. The van der Waals surface area contributed by atoms with E-state index in [9.17, 15) is 9.59 Å². The van der Waals surface area contributed by atoms with E-state index in [-0.39, 0.29) is 6.42 Å². The Labute approximate surface area is 212 Å². The molecule has 0 aliphatic carbocycles. The second-order valence-corrected chi connectivity index (χ2v) is 8.86. The molecule has 0 heterocycles. The highest BCUT2D eigenvalue weighted by Gasteiger charge is 2.11. The number of amides is 2. The van der Waals surface area contributed by atoms with Crippen LogP contribution in [0.4, 0.5) is 5.69 Å². The number of hydrogen-bond acceptors (Lipinski definition) is 4. The van der Waals surface area contributed by atoms with Crippen LogP contribution in [0.5, 0.6) is 5.75 Å². The van der Waals surface area contributed by atoms with Crippen molar-refractivity contribution in [3.05, 3.63) is 106 Å². The molecule has 7 heteroatoms. The molecule has 0 radical (unpaired) electrons. The summed E-state index contributed by atoms with van der Waals surface area (Å²) in [5, 5.41) is 8.81. The van der Waals surface area contributed by atoms with Gasteiger partial charge in [0.25, 0.3) is 0 Å². The van der Waals surface area contributed by atoms with Crippen LogP contribution < -0.4 is 15.5 Å². The molecule has 176 valence electrons. The normalized spacial score (nSPS) is 10.9. The molecule has 35 heavy (non-hydrogen) atoms. The molecule has 0 atom stereocenters. The first-order valence-electron chi connectivity index (χ1n) is 11.1. The Hall–Kier alpha value is -3.97. The third-order valence-corrected chi connectivity index (χ3v) is 5.89. The molecule has 0 unspecified atom stereocenters. The lowest BCUT2D eigenvalue weighted by atomic mass is 10.0. The molecule has 0 fully saturated rings. The standard InChI is InChI=1S/C28H24BrN3O3/c1-19-6-2-5-9-25(19)31-27(33)16-28(34)32-30-17-24-23-8-4-3-7-21(23)12-15-26(24)35-18-20-10-13-22(29)14-11-20/h2-15,17H,16,18H2,1H3,(H,31,33)(H,32,34). The van der Waals surface area contributed by atoms with E-state index in [0.717, 1.165) is 31.9 Å². The molecule has 6 nitrogen and oxygen atoms in total. The van der Waals surface area contributed by atoms with Crippen molar-refractivity contribution < 1.29 is 14.3 Å². The van der Waals surface area contributed by atoms with Gasteiger partial charge in [-0.05, 0) is 53.1 Å². The van der Waals surface area contributed by atoms with Crippen molar-refractivity contribution in [2.24, 2.45) is 5.10 Å². The second kappa shape index (κ2) is 11.4. The molecule has 0 bridgehead atoms. The van der Waals surface area contributed by atoms with Crippen molar-refractivity contribution in [3.63, 3.8) is 0 Å². The predicted octanol–water partition coefficient (Wildman–Crippen LogP) is 5.97. The molecular weight excluding hydrogens is 506 g/mol. The number of anilines is 1. The van der Waals surface area contributed by atoms with Gasteiger partial charge < -0.3 is 10.1 Å². The first kappa shape index (κ1) is 24.2. The number of para-hydroxylation sites is 1. The van der Waals surface area contributed by atoms with E-state index in [0.29, 0.717) is 18.0 Å². The Morgan fingerprint density at radius 1 is 0.914 bits per heavy atom. The number of nitrogens with zero attached hydrogens (tertiary/aromatic N) is 1. The molecule has 4 rings (SSSR count). The highest BCUT2D eigenvalue weighted by Crippen LogP contribution is 2.27. The minimum atomic E-state index is -0.509. The number of rotatable bonds is 8. The molecule has 2 amide bonds. The van der Waals surface area contributed by atoms with Gasteiger partial charge in [-0.3, -0.25) is 9.59 Å². The molecule has 2 N–H and O–H groups in total. The van der Waals surface area contributed by atoms with E-state index >= 15 is 0 Å². The topological polar surface area (TPSA) is 79.8 Å². The number of halogens is 1. The van der Waals surface area contributed by atoms with E-state index in [1.807, 2.05) is 85.8 Å². The number of nitrogens with one attached hydrogen (secondary N) is 2. The number of carbonyl (C=O) groups is 2. The molecule has 4 aromatic carbocycles. The van der Waals surface area contributed by atoms with Crippen LogP contribution in [0.25, 0.3) is 10.8 Å². The fraction of sp³-hybridized carbons (Fsp3) is 0.107. The average Bonchev–Trinajstić information content (AvgIpc) is 2.85. The summed E-state index contributed by atoms with van der Waals surface area (Å²) in [5.41, 5.74) is 5.81. The number of hydrazone groups is 1. The quantitative estimate of drug-likeness (QED) is 0.167. The monoisotopic (exact) mass is 529 g/mol. The summed E-state index contributed by atoms with van der Waals surface area (Å²) in [6.07, 6.45) is 1.21. The van der Waals surface area contributed by atoms with Crippen molar-refractivity contribution in [1.29, 1.82) is 0 Å². The SMILES string of the molecule is Cc1ccccc1NC(=O)CC(=O)NN=Cc1c(OCc2ccc(Br)cc2)ccc2ccccc12. The van der Waals surface area contributed by atoms with Gasteiger partial charge in [0.2, 0.25) is 11.8 Å².